The number of benzene rings is 1. The summed E-state index contributed by atoms with van der Waals surface area (Å²) in [6, 6.07) is 7.38. The highest BCUT2D eigenvalue weighted by molar-refractivity contribution is 9.18. The van der Waals surface area contributed by atoms with Crippen LogP contribution < -0.4 is 10.1 Å². The topological polar surface area (TPSA) is 89.1 Å². The zero-order valence-electron chi connectivity index (χ0n) is 10.5. The Bertz CT molecular complexity index is 499. The maximum Gasteiger partial charge on any atom is 0.428 e. The number of amidine groups is 1. The molecule has 0 saturated heterocycles. The van der Waals surface area contributed by atoms with E-state index >= 15 is 0 Å². The molecular weight excluding hydrogens is 316 g/mol. The summed E-state index contributed by atoms with van der Waals surface area (Å²) in [6.07, 6.45) is 0. The Balaban J connectivity index is 2.62. The predicted octanol–water partition coefficient (Wildman–Crippen LogP) is 1.80. The zero-order chi connectivity index (χ0) is 14.3. The van der Waals surface area contributed by atoms with Crippen LogP contribution in [0.2, 0.25) is 0 Å². The molecule has 0 saturated carbocycles. The van der Waals surface area contributed by atoms with Crippen LogP contribution in [0.25, 0.3) is 0 Å². The van der Waals surface area contributed by atoms with E-state index in [9.17, 15) is 10.1 Å². The van der Waals surface area contributed by atoms with Gasteiger partial charge in [0, 0.05) is 15.9 Å². The summed E-state index contributed by atoms with van der Waals surface area (Å²) in [4.78, 5) is 17.5. The molecule has 0 aliphatic heterocycles. The molecule has 0 amide bonds. The van der Waals surface area contributed by atoms with Crippen molar-refractivity contribution in [3.63, 3.8) is 0 Å². The van der Waals surface area contributed by atoms with Gasteiger partial charge >= 0.3 is 5.96 Å². The second-order valence-electron chi connectivity index (χ2n) is 3.38. The molecule has 7 nitrogen and oxygen atoms in total. The van der Waals surface area contributed by atoms with Crippen molar-refractivity contribution in [2.24, 2.45) is 9.98 Å². The Kier molecular flexibility index (Phi) is 5.94. The van der Waals surface area contributed by atoms with Crippen LogP contribution in [0.5, 0.6) is 5.75 Å². The number of hydrogen-bond donors (Lipinski definition) is 1. The number of guanidine groups is 1. The molecule has 0 radical (unpaired) electrons. The Morgan fingerprint density at radius 2 is 2.11 bits per heavy atom. The van der Waals surface area contributed by atoms with Crippen molar-refractivity contribution in [2.75, 3.05) is 14.2 Å². The van der Waals surface area contributed by atoms with Crippen LogP contribution in [0, 0.1) is 10.1 Å². The third-order valence-corrected chi connectivity index (χ3v) is 2.61. The second-order valence-corrected chi connectivity index (χ2v) is 4.14. The maximum atomic E-state index is 10.5. The molecule has 0 heterocycles. The van der Waals surface area contributed by atoms with Crippen LogP contribution in [0.4, 0.5) is 0 Å². The number of ether oxygens (including phenoxy) is 1. The first-order valence-electron chi connectivity index (χ1n) is 5.28. The lowest BCUT2D eigenvalue weighted by Gasteiger charge is -2.02. The van der Waals surface area contributed by atoms with E-state index in [4.69, 9.17) is 4.74 Å². The normalized spacial score (nSPS) is 12.2. The number of hydrogen-bond acceptors (Lipinski definition) is 5. The van der Waals surface area contributed by atoms with E-state index in [2.05, 4.69) is 31.2 Å². The van der Waals surface area contributed by atoms with Crippen LogP contribution in [0.1, 0.15) is 5.56 Å². The van der Waals surface area contributed by atoms with Crippen molar-refractivity contribution in [3.05, 3.63) is 39.9 Å². The first-order valence-corrected chi connectivity index (χ1v) is 6.07. The highest BCUT2D eigenvalue weighted by Crippen LogP contribution is 2.12. The lowest BCUT2D eigenvalue weighted by molar-refractivity contribution is -0.354. The van der Waals surface area contributed by atoms with Gasteiger partial charge in [-0.2, -0.15) is 0 Å². The number of nitro groups is 1. The van der Waals surface area contributed by atoms with Crippen LogP contribution in [-0.4, -0.2) is 29.8 Å². The van der Waals surface area contributed by atoms with E-state index in [0.717, 1.165) is 11.3 Å². The van der Waals surface area contributed by atoms with Crippen LogP contribution in [0.3, 0.4) is 0 Å². The standard InChI is InChI=1S/C11H13BrN4O3/c1-13-11(16(17)18)15-10(12)14-7-8-3-5-9(19-2)6-4-8/h3-6H,7H2,1-2H3,(H,13,14,15). The maximum absolute atomic E-state index is 10.5. The molecule has 8 heteroatoms. The number of aliphatic imine (C=N–C) groups is 2. The Morgan fingerprint density at radius 1 is 1.47 bits per heavy atom. The van der Waals surface area contributed by atoms with Gasteiger partial charge < -0.3 is 14.9 Å². The number of halogens is 1. The van der Waals surface area contributed by atoms with Gasteiger partial charge in [-0.15, -0.1) is 4.99 Å². The molecule has 0 unspecified atom stereocenters. The largest absolute Gasteiger partial charge is 0.497 e. The van der Waals surface area contributed by atoms with E-state index in [1.54, 1.807) is 7.11 Å². The first kappa shape index (κ1) is 15.1. The molecule has 0 spiro atoms. The van der Waals surface area contributed by atoms with Crippen molar-refractivity contribution in [1.29, 1.82) is 0 Å². The average molecular weight is 329 g/mol. The highest BCUT2D eigenvalue weighted by atomic mass is 79.9. The Labute approximate surface area is 118 Å². The van der Waals surface area contributed by atoms with Crippen LogP contribution in [-0.2, 0) is 6.54 Å². The summed E-state index contributed by atoms with van der Waals surface area (Å²) in [6.45, 7) is 0.381. The second kappa shape index (κ2) is 7.47. The third-order valence-electron chi connectivity index (χ3n) is 2.16. The number of nitrogens with zero attached hydrogens (tertiary/aromatic N) is 3. The minimum Gasteiger partial charge on any atom is -0.497 e. The smallest absolute Gasteiger partial charge is 0.428 e. The van der Waals surface area contributed by atoms with Crippen LogP contribution >= 0.6 is 15.9 Å². The molecule has 102 valence electrons. The molecule has 1 rings (SSSR count). The van der Waals surface area contributed by atoms with Gasteiger partial charge in [-0.25, -0.2) is 10.3 Å². The SMILES string of the molecule is CN=C(NC(Br)=NCc1ccc(OC)cc1)[N+](=O)[O-]. The van der Waals surface area contributed by atoms with Gasteiger partial charge in [0.15, 0.2) is 0 Å². The molecule has 19 heavy (non-hydrogen) atoms. The zero-order valence-corrected chi connectivity index (χ0v) is 12.0. The fourth-order valence-electron chi connectivity index (χ4n) is 1.21. The monoisotopic (exact) mass is 328 g/mol. The predicted molar refractivity (Wildman–Crippen MR) is 76.5 cm³/mol. The Morgan fingerprint density at radius 3 is 2.58 bits per heavy atom. The number of nitrogens with one attached hydrogen (secondary N) is 1. The molecule has 0 fully saturated rings. The first-order chi connectivity index (χ1) is 9.06. The van der Waals surface area contributed by atoms with Crippen molar-refractivity contribution >= 4 is 26.6 Å². The van der Waals surface area contributed by atoms with Gasteiger partial charge in [0.2, 0.25) is 4.74 Å². The average Bonchev–Trinajstić information content (AvgIpc) is 2.42. The summed E-state index contributed by atoms with van der Waals surface area (Å²) in [5, 5.41) is 13.0. The lowest BCUT2D eigenvalue weighted by Crippen LogP contribution is -2.33. The van der Waals surface area contributed by atoms with Gasteiger partial charge in [0.05, 0.1) is 20.7 Å². The van der Waals surface area contributed by atoms with E-state index in [1.807, 2.05) is 24.3 Å². The highest BCUT2D eigenvalue weighted by Gasteiger charge is 2.10. The van der Waals surface area contributed by atoms with Crippen molar-refractivity contribution in [3.8, 4) is 5.75 Å². The minimum absolute atomic E-state index is 0.251. The van der Waals surface area contributed by atoms with E-state index in [0.29, 0.717) is 6.54 Å². The van der Waals surface area contributed by atoms with Gasteiger partial charge in [-0.05, 0) is 22.6 Å². The van der Waals surface area contributed by atoms with Gasteiger partial charge in [0.25, 0.3) is 0 Å². The van der Waals surface area contributed by atoms with Gasteiger partial charge in [-0.1, -0.05) is 12.1 Å². The molecule has 0 aromatic heterocycles. The van der Waals surface area contributed by atoms with Crippen molar-refractivity contribution in [2.45, 2.75) is 6.54 Å². The van der Waals surface area contributed by atoms with Gasteiger partial charge in [-0.3, -0.25) is 0 Å². The van der Waals surface area contributed by atoms with Crippen molar-refractivity contribution < 1.29 is 9.66 Å². The van der Waals surface area contributed by atoms with Crippen LogP contribution in [0.15, 0.2) is 34.3 Å². The summed E-state index contributed by atoms with van der Waals surface area (Å²) in [5.41, 5.74) is 0.954. The molecule has 0 bridgehead atoms. The lowest BCUT2D eigenvalue weighted by atomic mass is 10.2. The molecular formula is C11H13BrN4O3. The molecule has 0 aliphatic rings. The summed E-state index contributed by atoms with van der Waals surface area (Å²) >= 11 is 3.10. The van der Waals surface area contributed by atoms with Gasteiger partial charge in [0.1, 0.15) is 5.75 Å². The van der Waals surface area contributed by atoms with E-state index in [1.165, 1.54) is 7.05 Å². The number of methoxy groups -OCH3 is 1. The molecule has 0 atom stereocenters. The fraction of sp³-hybridized carbons (Fsp3) is 0.273. The molecule has 1 aromatic rings. The summed E-state index contributed by atoms with van der Waals surface area (Å²) in [7, 11) is 2.92. The third kappa shape index (κ3) is 5.04. The van der Waals surface area contributed by atoms with E-state index in [-0.39, 0.29) is 10.7 Å². The summed E-state index contributed by atoms with van der Waals surface area (Å²) in [5.74, 6) is 0.393. The minimum atomic E-state index is -0.621. The fourth-order valence-corrected chi connectivity index (χ4v) is 1.51. The quantitative estimate of drug-likeness (QED) is 0.301. The Hall–Kier alpha value is -1.96. The summed E-state index contributed by atoms with van der Waals surface area (Å²) < 4.78 is 5.29. The van der Waals surface area contributed by atoms with E-state index < -0.39 is 4.92 Å². The number of rotatable bonds is 3. The van der Waals surface area contributed by atoms with Crippen molar-refractivity contribution in [1.82, 2.24) is 5.32 Å². The molecule has 0 aliphatic carbocycles. The molecule has 1 N–H and O–H groups in total. The molecule has 1 aromatic carbocycles.